The van der Waals surface area contributed by atoms with Crippen molar-refractivity contribution in [2.75, 3.05) is 18.6 Å². The molecule has 0 aromatic carbocycles. The SMILES string of the molecule is CSCCNS(=O)(=O)c1ccc(CNC(C)C)o1. The molecule has 0 fully saturated rings. The fourth-order valence-electron chi connectivity index (χ4n) is 1.25. The molecule has 0 aliphatic heterocycles. The fourth-order valence-corrected chi connectivity index (χ4v) is 2.66. The minimum atomic E-state index is -3.51. The maximum absolute atomic E-state index is 11.8. The summed E-state index contributed by atoms with van der Waals surface area (Å²) in [4.78, 5) is 0. The Labute approximate surface area is 113 Å². The van der Waals surface area contributed by atoms with Crippen molar-refractivity contribution in [3.63, 3.8) is 0 Å². The van der Waals surface area contributed by atoms with Gasteiger partial charge in [-0.1, -0.05) is 13.8 Å². The van der Waals surface area contributed by atoms with Crippen molar-refractivity contribution in [2.45, 2.75) is 31.5 Å². The molecule has 0 unspecified atom stereocenters. The van der Waals surface area contributed by atoms with Gasteiger partial charge in [-0.3, -0.25) is 0 Å². The summed E-state index contributed by atoms with van der Waals surface area (Å²) in [5.74, 6) is 1.36. The monoisotopic (exact) mass is 292 g/mol. The second kappa shape index (κ2) is 7.18. The van der Waals surface area contributed by atoms with Crippen LogP contribution in [0.5, 0.6) is 0 Å². The zero-order valence-electron chi connectivity index (χ0n) is 10.9. The second-order valence-corrected chi connectivity index (χ2v) is 6.83. The van der Waals surface area contributed by atoms with E-state index in [1.807, 2.05) is 20.1 Å². The van der Waals surface area contributed by atoms with Crippen molar-refractivity contribution >= 4 is 21.8 Å². The average Bonchev–Trinajstić information content (AvgIpc) is 2.76. The molecule has 0 radical (unpaired) electrons. The lowest BCUT2D eigenvalue weighted by Gasteiger charge is -2.05. The van der Waals surface area contributed by atoms with E-state index >= 15 is 0 Å². The van der Waals surface area contributed by atoms with Gasteiger partial charge in [0.1, 0.15) is 5.76 Å². The molecule has 18 heavy (non-hydrogen) atoms. The van der Waals surface area contributed by atoms with Crippen LogP contribution in [0.4, 0.5) is 0 Å². The highest BCUT2D eigenvalue weighted by atomic mass is 32.2. The average molecular weight is 292 g/mol. The smallest absolute Gasteiger partial charge is 0.273 e. The van der Waals surface area contributed by atoms with Crippen LogP contribution in [-0.4, -0.2) is 33.0 Å². The van der Waals surface area contributed by atoms with Gasteiger partial charge in [-0.05, 0) is 18.4 Å². The first kappa shape index (κ1) is 15.6. The Kier molecular flexibility index (Phi) is 6.20. The highest BCUT2D eigenvalue weighted by Crippen LogP contribution is 2.13. The Morgan fingerprint density at radius 2 is 2.11 bits per heavy atom. The molecule has 104 valence electrons. The van der Waals surface area contributed by atoms with Crippen molar-refractivity contribution in [3.8, 4) is 0 Å². The van der Waals surface area contributed by atoms with E-state index in [4.69, 9.17) is 4.42 Å². The van der Waals surface area contributed by atoms with Gasteiger partial charge in [0, 0.05) is 18.3 Å². The Morgan fingerprint density at radius 1 is 1.39 bits per heavy atom. The molecule has 1 heterocycles. The predicted octanol–water partition coefficient (Wildman–Crippen LogP) is 1.42. The van der Waals surface area contributed by atoms with Crippen LogP contribution in [0.15, 0.2) is 21.6 Å². The Bertz CT molecular complexity index is 455. The van der Waals surface area contributed by atoms with Crippen molar-refractivity contribution in [3.05, 3.63) is 17.9 Å². The molecular weight excluding hydrogens is 272 g/mol. The number of sulfonamides is 1. The van der Waals surface area contributed by atoms with Crippen LogP contribution in [-0.2, 0) is 16.6 Å². The Hall–Kier alpha value is -0.500. The van der Waals surface area contributed by atoms with E-state index in [1.165, 1.54) is 6.07 Å². The molecule has 1 aromatic rings. The number of thioether (sulfide) groups is 1. The van der Waals surface area contributed by atoms with Crippen LogP contribution in [0, 0.1) is 0 Å². The first-order valence-corrected chi connectivity index (χ1v) is 8.64. The third-order valence-electron chi connectivity index (χ3n) is 2.18. The van der Waals surface area contributed by atoms with Crippen molar-refractivity contribution in [2.24, 2.45) is 0 Å². The third-order valence-corrected chi connectivity index (χ3v) is 4.13. The molecule has 7 heteroatoms. The zero-order chi connectivity index (χ0) is 13.6. The topological polar surface area (TPSA) is 71.3 Å². The van der Waals surface area contributed by atoms with Crippen LogP contribution < -0.4 is 10.0 Å². The molecule has 0 aliphatic rings. The van der Waals surface area contributed by atoms with E-state index in [0.717, 1.165) is 5.75 Å². The van der Waals surface area contributed by atoms with Gasteiger partial charge in [0.25, 0.3) is 10.0 Å². The lowest BCUT2D eigenvalue weighted by molar-refractivity contribution is 0.393. The largest absolute Gasteiger partial charge is 0.447 e. The fraction of sp³-hybridized carbons (Fsp3) is 0.636. The standard InChI is InChI=1S/C11H20N2O3S2/c1-9(2)12-8-10-4-5-11(16-10)18(14,15)13-6-7-17-3/h4-5,9,12-13H,6-8H2,1-3H3. The van der Waals surface area contributed by atoms with Gasteiger partial charge < -0.3 is 9.73 Å². The van der Waals surface area contributed by atoms with E-state index in [1.54, 1.807) is 17.8 Å². The van der Waals surface area contributed by atoms with E-state index < -0.39 is 10.0 Å². The summed E-state index contributed by atoms with van der Waals surface area (Å²) in [6.07, 6.45) is 1.93. The summed E-state index contributed by atoms with van der Waals surface area (Å²) in [5, 5.41) is 3.14. The zero-order valence-corrected chi connectivity index (χ0v) is 12.5. The summed E-state index contributed by atoms with van der Waals surface area (Å²) in [6, 6.07) is 3.49. The maximum atomic E-state index is 11.8. The Balaban J connectivity index is 2.60. The first-order chi connectivity index (χ1) is 8.45. The summed E-state index contributed by atoms with van der Waals surface area (Å²) in [7, 11) is -3.51. The molecule has 0 aliphatic carbocycles. The number of hydrogen-bond donors (Lipinski definition) is 2. The van der Waals surface area contributed by atoms with Gasteiger partial charge in [0.15, 0.2) is 0 Å². The molecule has 0 saturated carbocycles. The van der Waals surface area contributed by atoms with Crippen LogP contribution in [0.3, 0.4) is 0 Å². The maximum Gasteiger partial charge on any atom is 0.273 e. The van der Waals surface area contributed by atoms with E-state index in [9.17, 15) is 8.42 Å². The Morgan fingerprint density at radius 3 is 2.72 bits per heavy atom. The molecule has 0 saturated heterocycles. The third kappa shape index (κ3) is 5.01. The second-order valence-electron chi connectivity index (χ2n) is 4.15. The lowest BCUT2D eigenvalue weighted by atomic mass is 10.3. The molecule has 2 N–H and O–H groups in total. The molecule has 5 nitrogen and oxygen atoms in total. The van der Waals surface area contributed by atoms with E-state index in [0.29, 0.717) is 24.9 Å². The number of furan rings is 1. The summed E-state index contributed by atoms with van der Waals surface area (Å²) in [6.45, 7) is 4.97. The molecular formula is C11H20N2O3S2. The lowest BCUT2D eigenvalue weighted by Crippen LogP contribution is -2.25. The van der Waals surface area contributed by atoms with Gasteiger partial charge in [-0.2, -0.15) is 11.8 Å². The van der Waals surface area contributed by atoms with Crippen molar-refractivity contribution < 1.29 is 12.8 Å². The van der Waals surface area contributed by atoms with E-state index in [2.05, 4.69) is 10.0 Å². The van der Waals surface area contributed by atoms with E-state index in [-0.39, 0.29) is 5.09 Å². The van der Waals surface area contributed by atoms with Crippen LogP contribution in [0.2, 0.25) is 0 Å². The van der Waals surface area contributed by atoms with Gasteiger partial charge in [-0.15, -0.1) is 0 Å². The minimum absolute atomic E-state index is 0.0239. The van der Waals surface area contributed by atoms with Crippen LogP contribution >= 0.6 is 11.8 Å². The molecule has 0 bridgehead atoms. The molecule has 0 amide bonds. The molecule has 0 spiro atoms. The number of nitrogens with one attached hydrogen (secondary N) is 2. The minimum Gasteiger partial charge on any atom is -0.447 e. The van der Waals surface area contributed by atoms with Gasteiger partial charge in [-0.25, -0.2) is 13.1 Å². The van der Waals surface area contributed by atoms with Crippen molar-refractivity contribution in [1.29, 1.82) is 0 Å². The highest BCUT2D eigenvalue weighted by Gasteiger charge is 2.17. The van der Waals surface area contributed by atoms with Gasteiger partial charge in [0.2, 0.25) is 5.09 Å². The number of hydrogen-bond acceptors (Lipinski definition) is 5. The molecule has 1 aromatic heterocycles. The van der Waals surface area contributed by atoms with Gasteiger partial charge >= 0.3 is 0 Å². The normalized spacial score (nSPS) is 12.2. The molecule has 0 atom stereocenters. The summed E-state index contributed by atoms with van der Waals surface area (Å²) >= 11 is 1.59. The highest BCUT2D eigenvalue weighted by molar-refractivity contribution is 7.98. The van der Waals surface area contributed by atoms with Crippen LogP contribution in [0.1, 0.15) is 19.6 Å². The quantitative estimate of drug-likeness (QED) is 0.709. The first-order valence-electron chi connectivity index (χ1n) is 5.76. The number of rotatable bonds is 8. The van der Waals surface area contributed by atoms with Crippen LogP contribution in [0.25, 0.3) is 0 Å². The predicted molar refractivity (Wildman–Crippen MR) is 74.3 cm³/mol. The molecule has 1 rings (SSSR count). The van der Waals surface area contributed by atoms with Crippen molar-refractivity contribution in [1.82, 2.24) is 10.0 Å². The summed E-state index contributed by atoms with van der Waals surface area (Å²) in [5.41, 5.74) is 0. The van der Waals surface area contributed by atoms with Gasteiger partial charge in [0.05, 0.1) is 6.54 Å². The summed E-state index contributed by atoms with van der Waals surface area (Å²) < 4.78 is 31.4.